The zero-order chi connectivity index (χ0) is 17.6. The van der Waals surface area contributed by atoms with Crippen molar-refractivity contribution in [3.8, 4) is 0 Å². The number of aryl methyl sites for hydroxylation is 1. The van der Waals surface area contributed by atoms with Crippen LogP contribution in [-0.2, 0) is 0 Å². The molecule has 2 unspecified atom stereocenters. The molecule has 132 valence electrons. The second-order valence-electron chi connectivity index (χ2n) is 7.28. The van der Waals surface area contributed by atoms with E-state index in [0.29, 0.717) is 22.6 Å². The van der Waals surface area contributed by atoms with Gasteiger partial charge in [0.15, 0.2) is 0 Å². The van der Waals surface area contributed by atoms with Crippen LogP contribution in [0.4, 0.5) is 5.82 Å². The van der Waals surface area contributed by atoms with E-state index in [1.807, 2.05) is 11.8 Å². The lowest BCUT2D eigenvalue weighted by molar-refractivity contribution is 0.0786. The Morgan fingerprint density at radius 1 is 1.20 bits per heavy atom. The molecular formula is C17H22N6OS. The SMILES string of the molecule is Cc1nnsc1C(=O)N1CC2CN(c3cc(C(C)C)ncn3)CC2C1. The van der Waals surface area contributed by atoms with Gasteiger partial charge in [0.25, 0.3) is 5.91 Å². The molecule has 0 radical (unpaired) electrons. The molecule has 0 saturated carbocycles. The summed E-state index contributed by atoms with van der Waals surface area (Å²) in [4.78, 5) is 26.4. The fourth-order valence-electron chi connectivity index (χ4n) is 3.77. The van der Waals surface area contributed by atoms with Crippen LogP contribution in [0, 0.1) is 18.8 Å². The van der Waals surface area contributed by atoms with E-state index >= 15 is 0 Å². The van der Waals surface area contributed by atoms with E-state index in [1.165, 1.54) is 11.5 Å². The lowest BCUT2D eigenvalue weighted by atomic mass is 10.0. The molecule has 0 bridgehead atoms. The Bertz CT molecular complexity index is 777. The molecule has 4 rings (SSSR count). The average molecular weight is 358 g/mol. The lowest BCUT2D eigenvalue weighted by Gasteiger charge is -2.22. The third-order valence-corrected chi connectivity index (χ3v) is 6.02. The van der Waals surface area contributed by atoms with Gasteiger partial charge in [-0.15, -0.1) is 5.10 Å². The van der Waals surface area contributed by atoms with E-state index in [1.54, 1.807) is 6.33 Å². The van der Waals surface area contributed by atoms with Crippen molar-refractivity contribution >= 4 is 23.3 Å². The molecule has 0 aliphatic carbocycles. The minimum atomic E-state index is 0.0811. The molecule has 0 aromatic carbocycles. The van der Waals surface area contributed by atoms with Crippen LogP contribution in [0.1, 0.15) is 40.8 Å². The van der Waals surface area contributed by atoms with Gasteiger partial charge in [-0.2, -0.15) is 0 Å². The van der Waals surface area contributed by atoms with Gasteiger partial charge in [-0.3, -0.25) is 4.79 Å². The van der Waals surface area contributed by atoms with E-state index < -0.39 is 0 Å². The number of carbonyl (C=O) groups is 1. The average Bonchev–Trinajstić information content (AvgIpc) is 3.28. The first-order valence-electron chi connectivity index (χ1n) is 8.68. The fourth-order valence-corrected chi connectivity index (χ4v) is 4.39. The molecule has 7 nitrogen and oxygen atoms in total. The van der Waals surface area contributed by atoms with Crippen molar-refractivity contribution in [1.29, 1.82) is 0 Å². The summed E-state index contributed by atoms with van der Waals surface area (Å²) < 4.78 is 3.88. The monoisotopic (exact) mass is 358 g/mol. The van der Waals surface area contributed by atoms with E-state index in [2.05, 4.69) is 44.4 Å². The molecule has 2 aliphatic rings. The normalized spacial score (nSPS) is 22.7. The van der Waals surface area contributed by atoms with Crippen molar-refractivity contribution in [1.82, 2.24) is 24.5 Å². The summed E-state index contributed by atoms with van der Waals surface area (Å²) in [7, 11) is 0. The van der Waals surface area contributed by atoms with Crippen LogP contribution in [0.15, 0.2) is 12.4 Å². The number of nitrogens with zero attached hydrogens (tertiary/aromatic N) is 6. The van der Waals surface area contributed by atoms with Gasteiger partial charge in [0.1, 0.15) is 17.0 Å². The molecule has 2 aliphatic heterocycles. The smallest absolute Gasteiger partial charge is 0.267 e. The number of carbonyl (C=O) groups excluding carboxylic acids is 1. The summed E-state index contributed by atoms with van der Waals surface area (Å²) in [5.41, 5.74) is 1.81. The molecule has 2 aromatic heterocycles. The highest BCUT2D eigenvalue weighted by Crippen LogP contribution is 2.34. The minimum Gasteiger partial charge on any atom is -0.356 e. The first-order chi connectivity index (χ1) is 12.0. The van der Waals surface area contributed by atoms with Crippen LogP contribution in [0.3, 0.4) is 0 Å². The predicted molar refractivity (Wildman–Crippen MR) is 95.9 cm³/mol. The number of amides is 1. The number of hydrogen-bond acceptors (Lipinski definition) is 7. The Morgan fingerprint density at radius 2 is 1.92 bits per heavy atom. The molecule has 8 heteroatoms. The molecule has 2 aromatic rings. The third kappa shape index (κ3) is 2.99. The molecule has 25 heavy (non-hydrogen) atoms. The maximum Gasteiger partial charge on any atom is 0.267 e. The number of hydrogen-bond donors (Lipinski definition) is 0. The van der Waals surface area contributed by atoms with E-state index in [9.17, 15) is 4.79 Å². The molecule has 0 spiro atoms. The molecule has 0 N–H and O–H groups in total. The second-order valence-corrected chi connectivity index (χ2v) is 8.03. The number of anilines is 1. The highest BCUT2D eigenvalue weighted by Gasteiger charge is 2.42. The Morgan fingerprint density at radius 3 is 2.52 bits per heavy atom. The van der Waals surface area contributed by atoms with Crippen molar-refractivity contribution in [2.45, 2.75) is 26.7 Å². The van der Waals surface area contributed by atoms with Crippen LogP contribution in [0.5, 0.6) is 0 Å². The van der Waals surface area contributed by atoms with E-state index in [-0.39, 0.29) is 5.91 Å². The van der Waals surface area contributed by atoms with Gasteiger partial charge in [0, 0.05) is 49.8 Å². The highest BCUT2D eigenvalue weighted by molar-refractivity contribution is 7.07. The number of fused-ring (bicyclic) bond motifs is 1. The fraction of sp³-hybridized carbons (Fsp3) is 0.588. The molecule has 1 amide bonds. The molecule has 2 saturated heterocycles. The summed E-state index contributed by atoms with van der Waals surface area (Å²) in [6.45, 7) is 9.64. The molecular weight excluding hydrogens is 336 g/mol. The quantitative estimate of drug-likeness (QED) is 0.835. The maximum atomic E-state index is 12.7. The molecule has 2 atom stereocenters. The zero-order valence-electron chi connectivity index (χ0n) is 14.7. The van der Waals surface area contributed by atoms with Crippen molar-refractivity contribution < 1.29 is 4.79 Å². The van der Waals surface area contributed by atoms with Crippen molar-refractivity contribution in [2.24, 2.45) is 11.8 Å². The van der Waals surface area contributed by atoms with E-state index in [4.69, 9.17) is 0 Å². The van der Waals surface area contributed by atoms with Gasteiger partial charge < -0.3 is 9.80 Å². The van der Waals surface area contributed by atoms with Crippen molar-refractivity contribution in [3.63, 3.8) is 0 Å². The molecule has 2 fully saturated rings. The van der Waals surface area contributed by atoms with Crippen molar-refractivity contribution in [3.05, 3.63) is 28.7 Å². The zero-order valence-corrected chi connectivity index (χ0v) is 15.5. The van der Waals surface area contributed by atoms with Gasteiger partial charge >= 0.3 is 0 Å². The van der Waals surface area contributed by atoms with Crippen LogP contribution in [-0.4, -0.2) is 56.5 Å². The van der Waals surface area contributed by atoms with Crippen LogP contribution >= 0.6 is 11.5 Å². The molecule has 4 heterocycles. The Kier molecular flexibility index (Phi) is 4.15. The predicted octanol–water partition coefficient (Wildman–Crippen LogP) is 1.97. The Balaban J connectivity index is 1.43. The summed E-state index contributed by atoms with van der Waals surface area (Å²) >= 11 is 1.19. The van der Waals surface area contributed by atoms with Gasteiger partial charge in [-0.25, -0.2) is 9.97 Å². The highest BCUT2D eigenvalue weighted by atomic mass is 32.1. The first-order valence-corrected chi connectivity index (χ1v) is 9.45. The topological polar surface area (TPSA) is 75.1 Å². The maximum absolute atomic E-state index is 12.7. The van der Waals surface area contributed by atoms with Gasteiger partial charge in [0.2, 0.25) is 0 Å². The van der Waals surface area contributed by atoms with Crippen LogP contribution in [0.25, 0.3) is 0 Å². The minimum absolute atomic E-state index is 0.0811. The van der Waals surface area contributed by atoms with Gasteiger partial charge in [0.05, 0.1) is 5.69 Å². The van der Waals surface area contributed by atoms with Crippen molar-refractivity contribution in [2.75, 3.05) is 31.1 Å². The van der Waals surface area contributed by atoms with Gasteiger partial charge in [-0.1, -0.05) is 18.3 Å². The first kappa shape index (κ1) is 16.4. The third-order valence-electron chi connectivity index (χ3n) is 5.21. The Labute approximate surface area is 151 Å². The summed E-state index contributed by atoms with van der Waals surface area (Å²) in [5.74, 6) is 2.49. The largest absolute Gasteiger partial charge is 0.356 e. The summed E-state index contributed by atoms with van der Waals surface area (Å²) in [5, 5.41) is 3.95. The second kappa shape index (κ2) is 6.33. The van der Waals surface area contributed by atoms with E-state index in [0.717, 1.165) is 43.4 Å². The standard InChI is InChI=1S/C17H22N6OS/c1-10(2)14-4-15(19-9-18-14)22-5-12-7-23(8-13(12)6-22)17(24)16-11(3)20-21-25-16/h4,9-10,12-13H,5-8H2,1-3H3. The number of rotatable bonds is 3. The van der Waals surface area contributed by atoms with Gasteiger partial charge in [-0.05, 0) is 24.4 Å². The number of aromatic nitrogens is 4. The van der Waals surface area contributed by atoms with Crippen LogP contribution in [0.2, 0.25) is 0 Å². The van der Waals surface area contributed by atoms with Crippen LogP contribution < -0.4 is 4.90 Å². The number of likely N-dealkylation sites (tertiary alicyclic amines) is 1. The lowest BCUT2D eigenvalue weighted by Crippen LogP contribution is -2.33. The summed E-state index contributed by atoms with van der Waals surface area (Å²) in [6.07, 6.45) is 1.66. The summed E-state index contributed by atoms with van der Waals surface area (Å²) in [6, 6.07) is 2.10. The Hall–Kier alpha value is -2.09.